The van der Waals surface area contributed by atoms with E-state index in [-0.39, 0.29) is 15.8 Å². The Morgan fingerprint density at radius 1 is 1.25 bits per heavy atom. The van der Waals surface area contributed by atoms with E-state index in [4.69, 9.17) is 0 Å². The normalized spacial score (nSPS) is 11.2. The van der Waals surface area contributed by atoms with Gasteiger partial charge in [-0.1, -0.05) is 0 Å². The first-order valence-electron chi connectivity index (χ1n) is 5.37. The number of aromatic nitrogens is 1. The van der Waals surface area contributed by atoms with Crippen molar-refractivity contribution < 1.29 is 22.7 Å². The van der Waals surface area contributed by atoms with Gasteiger partial charge >= 0.3 is 6.36 Å². The molecule has 0 aliphatic carbocycles. The molecule has 0 fully saturated rings. The van der Waals surface area contributed by atoms with E-state index in [9.17, 15) is 18.0 Å². The van der Waals surface area contributed by atoms with Crippen LogP contribution in [0.2, 0.25) is 0 Å². The second-order valence-corrected chi connectivity index (χ2v) is 4.61. The van der Waals surface area contributed by atoms with Crippen LogP contribution in [-0.4, -0.2) is 17.1 Å². The fraction of sp³-hybridized carbons (Fsp3) is 0.0769. The van der Waals surface area contributed by atoms with E-state index >= 15 is 0 Å². The third-order valence-corrected chi connectivity index (χ3v) is 3.00. The molecule has 0 bridgehead atoms. The zero-order valence-corrected chi connectivity index (χ0v) is 11.4. The topological polar surface area (TPSA) is 39.2 Å². The average Bonchev–Trinajstić information content (AvgIpc) is 2.37. The Morgan fingerprint density at radius 2 is 2.00 bits per heavy atom. The first kappa shape index (κ1) is 14.5. The summed E-state index contributed by atoms with van der Waals surface area (Å²) in [5.41, 5.74) is 0.574. The lowest BCUT2D eigenvalue weighted by Gasteiger charge is -2.10. The molecule has 1 aromatic carbocycles. The summed E-state index contributed by atoms with van der Waals surface area (Å²) in [5.74, 6) is -0.740. The van der Waals surface area contributed by atoms with E-state index in [1.54, 1.807) is 12.1 Å². The third-order valence-electron chi connectivity index (χ3n) is 2.34. The molecule has 0 unspecified atom stereocenters. The number of hydrogen-bond donors (Lipinski definition) is 0. The smallest absolute Gasteiger partial charge is 0.406 e. The Kier molecular flexibility index (Phi) is 4.08. The SMILES string of the molecule is O=C(c1cccnc1)c1ccc(OC(F)(F)F)cc1Br. The third kappa shape index (κ3) is 3.57. The number of pyridine rings is 1. The number of rotatable bonds is 3. The molecule has 1 heterocycles. The van der Waals surface area contributed by atoms with Crippen molar-refractivity contribution in [3.05, 3.63) is 58.3 Å². The van der Waals surface area contributed by atoms with E-state index in [1.807, 2.05) is 0 Å². The fourth-order valence-corrected chi connectivity index (χ4v) is 2.07. The van der Waals surface area contributed by atoms with Crippen molar-refractivity contribution in [2.75, 3.05) is 0 Å². The average molecular weight is 346 g/mol. The lowest BCUT2D eigenvalue weighted by atomic mass is 10.1. The van der Waals surface area contributed by atoms with Crippen molar-refractivity contribution in [2.24, 2.45) is 0 Å². The highest BCUT2D eigenvalue weighted by Crippen LogP contribution is 2.28. The van der Waals surface area contributed by atoms with Gasteiger partial charge in [0.15, 0.2) is 5.78 Å². The maximum Gasteiger partial charge on any atom is 0.573 e. The molecule has 20 heavy (non-hydrogen) atoms. The highest BCUT2D eigenvalue weighted by atomic mass is 79.9. The molecule has 2 rings (SSSR count). The van der Waals surface area contributed by atoms with Crippen LogP contribution in [0.5, 0.6) is 5.75 Å². The summed E-state index contributed by atoms with van der Waals surface area (Å²) in [7, 11) is 0. The molecule has 0 saturated heterocycles. The van der Waals surface area contributed by atoms with Crippen LogP contribution in [0.1, 0.15) is 15.9 Å². The van der Waals surface area contributed by atoms with Crippen LogP contribution >= 0.6 is 15.9 Å². The van der Waals surface area contributed by atoms with Crippen molar-refractivity contribution in [1.82, 2.24) is 4.98 Å². The van der Waals surface area contributed by atoms with Crippen LogP contribution in [0.15, 0.2) is 47.2 Å². The number of nitrogens with zero attached hydrogens (tertiary/aromatic N) is 1. The van der Waals surface area contributed by atoms with Crippen LogP contribution in [0.25, 0.3) is 0 Å². The quantitative estimate of drug-likeness (QED) is 0.790. The van der Waals surface area contributed by atoms with Gasteiger partial charge in [0, 0.05) is 28.0 Å². The molecule has 3 nitrogen and oxygen atoms in total. The van der Waals surface area contributed by atoms with Gasteiger partial charge in [0.1, 0.15) is 5.75 Å². The molecule has 0 amide bonds. The highest BCUT2D eigenvalue weighted by Gasteiger charge is 2.31. The van der Waals surface area contributed by atoms with Crippen molar-refractivity contribution in [3.8, 4) is 5.75 Å². The van der Waals surface area contributed by atoms with Gasteiger partial charge in [-0.05, 0) is 46.3 Å². The largest absolute Gasteiger partial charge is 0.573 e. The molecular formula is C13H7BrF3NO2. The Morgan fingerprint density at radius 3 is 2.55 bits per heavy atom. The van der Waals surface area contributed by atoms with Crippen molar-refractivity contribution in [2.45, 2.75) is 6.36 Å². The number of hydrogen-bond acceptors (Lipinski definition) is 3. The summed E-state index contributed by atoms with van der Waals surface area (Å²) in [6.45, 7) is 0. The predicted octanol–water partition coefficient (Wildman–Crippen LogP) is 3.97. The second-order valence-electron chi connectivity index (χ2n) is 3.76. The molecule has 7 heteroatoms. The minimum atomic E-state index is -4.77. The second kappa shape index (κ2) is 5.62. The number of carbonyl (C=O) groups excluding carboxylic acids is 1. The molecule has 2 aromatic rings. The van der Waals surface area contributed by atoms with E-state index in [0.717, 1.165) is 12.1 Å². The number of ether oxygens (including phenoxy) is 1. The Balaban J connectivity index is 2.29. The van der Waals surface area contributed by atoms with Gasteiger partial charge in [0.25, 0.3) is 0 Å². The highest BCUT2D eigenvalue weighted by molar-refractivity contribution is 9.10. The predicted molar refractivity (Wildman–Crippen MR) is 68.5 cm³/mol. The van der Waals surface area contributed by atoms with Crippen molar-refractivity contribution >= 4 is 21.7 Å². The van der Waals surface area contributed by atoms with Crippen LogP contribution in [0, 0.1) is 0 Å². The van der Waals surface area contributed by atoms with E-state index in [2.05, 4.69) is 25.7 Å². The van der Waals surface area contributed by atoms with E-state index in [0.29, 0.717) is 5.56 Å². The standard InChI is InChI=1S/C13H7BrF3NO2/c14-11-6-9(20-13(15,16)17)3-4-10(11)12(19)8-2-1-5-18-7-8/h1-7H. The maximum atomic E-state index is 12.1. The van der Waals surface area contributed by atoms with Gasteiger partial charge in [-0.2, -0.15) is 0 Å². The summed E-state index contributed by atoms with van der Waals surface area (Å²) in [6, 6.07) is 6.61. The fourth-order valence-electron chi connectivity index (χ4n) is 1.53. The number of ketones is 1. The number of halogens is 4. The maximum absolute atomic E-state index is 12.1. The van der Waals surface area contributed by atoms with Crippen molar-refractivity contribution in [1.29, 1.82) is 0 Å². The molecule has 0 saturated carbocycles. The Labute approximate surface area is 120 Å². The molecule has 0 aliphatic heterocycles. The summed E-state index contributed by atoms with van der Waals surface area (Å²) in [6.07, 6.45) is -1.87. The summed E-state index contributed by atoms with van der Waals surface area (Å²) >= 11 is 3.06. The first-order valence-corrected chi connectivity index (χ1v) is 6.16. The van der Waals surface area contributed by atoms with Gasteiger partial charge in [0.05, 0.1) is 0 Å². The lowest BCUT2D eigenvalue weighted by molar-refractivity contribution is -0.274. The Hall–Kier alpha value is -1.89. The zero-order chi connectivity index (χ0) is 14.8. The molecule has 104 valence electrons. The van der Waals surface area contributed by atoms with Gasteiger partial charge in [0.2, 0.25) is 0 Å². The molecule has 0 atom stereocenters. The van der Waals surface area contributed by atoms with Crippen LogP contribution in [0.4, 0.5) is 13.2 Å². The van der Waals surface area contributed by atoms with Crippen molar-refractivity contribution in [3.63, 3.8) is 0 Å². The van der Waals surface area contributed by atoms with Gasteiger partial charge < -0.3 is 4.74 Å². The molecule has 0 aliphatic rings. The number of benzene rings is 1. The summed E-state index contributed by atoms with van der Waals surface area (Å²) in [5, 5.41) is 0. The molecule has 0 N–H and O–H groups in total. The molecule has 0 radical (unpaired) electrons. The number of alkyl halides is 3. The van der Waals surface area contributed by atoms with Crippen LogP contribution in [-0.2, 0) is 0 Å². The molecule has 1 aromatic heterocycles. The molecular weight excluding hydrogens is 339 g/mol. The van der Waals surface area contributed by atoms with Gasteiger partial charge in [-0.25, -0.2) is 0 Å². The van der Waals surface area contributed by atoms with E-state index < -0.39 is 12.1 Å². The van der Waals surface area contributed by atoms with Crippen LogP contribution < -0.4 is 4.74 Å². The van der Waals surface area contributed by atoms with Gasteiger partial charge in [-0.15, -0.1) is 13.2 Å². The lowest BCUT2D eigenvalue weighted by Crippen LogP contribution is -2.17. The van der Waals surface area contributed by atoms with E-state index in [1.165, 1.54) is 18.5 Å². The first-order chi connectivity index (χ1) is 9.37. The van der Waals surface area contributed by atoms with Crippen LogP contribution in [0.3, 0.4) is 0 Å². The molecule has 0 spiro atoms. The van der Waals surface area contributed by atoms with Gasteiger partial charge in [-0.3, -0.25) is 9.78 Å². The number of carbonyl (C=O) groups is 1. The Bertz CT molecular complexity index is 629. The summed E-state index contributed by atoms with van der Waals surface area (Å²) in [4.78, 5) is 15.9. The minimum Gasteiger partial charge on any atom is -0.406 e. The monoisotopic (exact) mass is 345 g/mol. The summed E-state index contributed by atoms with van der Waals surface area (Å²) < 4.78 is 40.2. The minimum absolute atomic E-state index is 0.216. The zero-order valence-electron chi connectivity index (χ0n) is 9.82.